The number of H-pyrrole nitrogens is 1. The number of unbranched alkanes of at least 4 members (excludes halogenated alkanes) is 2. The van der Waals surface area contributed by atoms with Gasteiger partial charge in [-0.3, -0.25) is 9.89 Å². The number of hydrogen-bond acceptors (Lipinski definition) is 7. The average molecular weight is 536 g/mol. The number of piperazine rings is 1. The van der Waals surface area contributed by atoms with E-state index in [1.807, 2.05) is 24.3 Å². The van der Waals surface area contributed by atoms with Crippen LogP contribution in [0.3, 0.4) is 0 Å². The average Bonchev–Trinajstić information content (AvgIpc) is 3.68. The second-order valence-corrected chi connectivity index (χ2v) is 10.5. The van der Waals surface area contributed by atoms with E-state index in [2.05, 4.69) is 49.6 Å². The summed E-state index contributed by atoms with van der Waals surface area (Å²) >= 11 is 5.72. The van der Waals surface area contributed by atoms with Gasteiger partial charge in [-0.1, -0.05) is 18.3 Å². The Hall–Kier alpha value is -3.19. The Balaban J connectivity index is 1.43. The van der Waals surface area contributed by atoms with Gasteiger partial charge in [-0.15, -0.1) is 11.6 Å². The van der Waals surface area contributed by atoms with E-state index in [9.17, 15) is 9.90 Å². The SMILES string of the molecule is C[C@@H]1CN(C(=O)c2nc(Nc3cc(C4CC4)[nH]n3)c3cc(C#CC(O)CCCCCCl)ccc3n2)CCN1. The number of anilines is 2. The third-order valence-corrected chi connectivity index (χ3v) is 7.17. The number of halogens is 1. The maximum atomic E-state index is 13.3. The maximum absolute atomic E-state index is 13.3. The first-order valence-corrected chi connectivity index (χ1v) is 14.0. The molecule has 1 aliphatic heterocycles. The monoisotopic (exact) mass is 535 g/mol. The normalized spacial score (nSPS) is 18.2. The van der Waals surface area contributed by atoms with Crippen LogP contribution in [0.4, 0.5) is 11.6 Å². The van der Waals surface area contributed by atoms with Crippen LogP contribution in [0.2, 0.25) is 0 Å². The predicted molar refractivity (Wildman–Crippen MR) is 149 cm³/mol. The lowest BCUT2D eigenvalue weighted by molar-refractivity contribution is 0.0697. The molecule has 5 rings (SSSR count). The van der Waals surface area contributed by atoms with Crippen molar-refractivity contribution >= 4 is 40.0 Å². The molecule has 0 spiro atoms. The van der Waals surface area contributed by atoms with Crippen LogP contribution in [0, 0.1) is 11.8 Å². The molecule has 2 fully saturated rings. The highest BCUT2D eigenvalue weighted by molar-refractivity contribution is 6.17. The molecule has 1 saturated heterocycles. The number of fused-ring (bicyclic) bond motifs is 1. The Kier molecular flexibility index (Phi) is 8.42. The number of nitrogens with zero attached hydrogens (tertiary/aromatic N) is 4. The molecule has 2 aliphatic rings. The van der Waals surface area contributed by atoms with Gasteiger partial charge in [0.2, 0.25) is 5.82 Å². The molecule has 9 nitrogen and oxygen atoms in total. The molecular formula is C28H34ClN7O2. The van der Waals surface area contributed by atoms with Gasteiger partial charge in [-0.25, -0.2) is 9.97 Å². The summed E-state index contributed by atoms with van der Waals surface area (Å²) in [6, 6.07) is 7.80. The molecule has 3 heterocycles. The molecule has 38 heavy (non-hydrogen) atoms. The van der Waals surface area contributed by atoms with E-state index in [4.69, 9.17) is 11.6 Å². The molecule has 200 valence electrons. The molecule has 2 aromatic heterocycles. The fourth-order valence-corrected chi connectivity index (χ4v) is 4.82. The van der Waals surface area contributed by atoms with Crippen LogP contribution in [0.15, 0.2) is 24.3 Å². The van der Waals surface area contributed by atoms with Gasteiger partial charge in [0.15, 0.2) is 5.82 Å². The second kappa shape index (κ2) is 12.1. The van der Waals surface area contributed by atoms with E-state index in [1.54, 1.807) is 4.90 Å². The number of carbonyl (C=O) groups excluding carboxylic acids is 1. The molecule has 10 heteroatoms. The van der Waals surface area contributed by atoms with E-state index in [0.717, 1.165) is 42.5 Å². The van der Waals surface area contributed by atoms with Crippen molar-refractivity contribution in [2.75, 3.05) is 30.8 Å². The van der Waals surface area contributed by atoms with Crippen LogP contribution < -0.4 is 10.6 Å². The van der Waals surface area contributed by atoms with Gasteiger partial charge in [-0.05, 0) is 57.2 Å². The fourth-order valence-electron chi connectivity index (χ4n) is 4.63. The van der Waals surface area contributed by atoms with Crippen LogP contribution in [-0.4, -0.2) is 73.7 Å². The first-order chi connectivity index (χ1) is 18.5. The summed E-state index contributed by atoms with van der Waals surface area (Å²) in [5, 5.41) is 25.2. The minimum Gasteiger partial charge on any atom is -0.380 e. The van der Waals surface area contributed by atoms with Crippen molar-refractivity contribution in [2.24, 2.45) is 0 Å². The lowest BCUT2D eigenvalue weighted by Gasteiger charge is -2.31. The van der Waals surface area contributed by atoms with Gasteiger partial charge in [0.1, 0.15) is 11.9 Å². The van der Waals surface area contributed by atoms with Crippen LogP contribution in [0.5, 0.6) is 0 Å². The molecule has 1 aromatic carbocycles. The lowest BCUT2D eigenvalue weighted by Crippen LogP contribution is -2.51. The molecule has 0 radical (unpaired) electrons. The molecule has 4 N–H and O–H groups in total. The highest BCUT2D eigenvalue weighted by atomic mass is 35.5. The van der Waals surface area contributed by atoms with Crippen molar-refractivity contribution in [3.05, 3.63) is 41.3 Å². The predicted octanol–water partition coefficient (Wildman–Crippen LogP) is 3.92. The number of benzene rings is 1. The molecule has 1 saturated carbocycles. The molecule has 0 bridgehead atoms. The van der Waals surface area contributed by atoms with Crippen molar-refractivity contribution in [3.63, 3.8) is 0 Å². The summed E-state index contributed by atoms with van der Waals surface area (Å²) in [4.78, 5) is 24.4. The van der Waals surface area contributed by atoms with E-state index < -0.39 is 6.10 Å². The molecule has 3 aromatic rings. The molecule has 1 aliphatic carbocycles. The standard InChI is InChI=1S/C28H34ClN7O2/c1-18-17-36(14-13-30-18)28(38)27-31-23-11-7-19(6-10-21(37)5-3-2-4-12-29)15-22(23)26(33-27)32-25-16-24(34-35-25)20-8-9-20/h7,11,15-16,18,20-21,30,37H,2-5,8-9,12-14,17H2,1H3,(H2,31,32,33,34,35)/t18-,21?/m1/s1. The Morgan fingerprint density at radius 2 is 2.13 bits per heavy atom. The van der Waals surface area contributed by atoms with Crippen molar-refractivity contribution in [1.29, 1.82) is 0 Å². The lowest BCUT2D eigenvalue weighted by atomic mass is 10.1. The quantitative estimate of drug-likeness (QED) is 0.186. The number of aromatic nitrogens is 4. The van der Waals surface area contributed by atoms with Crippen molar-refractivity contribution < 1.29 is 9.90 Å². The number of amides is 1. The van der Waals surface area contributed by atoms with Crippen molar-refractivity contribution in [2.45, 2.75) is 63.5 Å². The largest absolute Gasteiger partial charge is 0.380 e. The van der Waals surface area contributed by atoms with Gasteiger partial charge in [0.25, 0.3) is 5.91 Å². The Labute approximate surface area is 227 Å². The highest BCUT2D eigenvalue weighted by Gasteiger charge is 2.27. The maximum Gasteiger partial charge on any atom is 0.291 e. The summed E-state index contributed by atoms with van der Waals surface area (Å²) in [6.45, 7) is 4.02. The van der Waals surface area contributed by atoms with E-state index in [1.165, 1.54) is 12.8 Å². The number of aliphatic hydroxyl groups excluding tert-OH is 1. The molecule has 2 atom stereocenters. The zero-order chi connectivity index (χ0) is 26.5. The first-order valence-electron chi connectivity index (χ1n) is 13.4. The fraction of sp³-hybridized carbons (Fsp3) is 0.500. The number of alkyl halides is 1. The minimum atomic E-state index is -0.693. The van der Waals surface area contributed by atoms with Gasteiger partial charge < -0.3 is 20.6 Å². The molecule has 1 unspecified atom stereocenters. The zero-order valence-corrected chi connectivity index (χ0v) is 22.4. The van der Waals surface area contributed by atoms with Gasteiger partial charge >= 0.3 is 0 Å². The van der Waals surface area contributed by atoms with E-state index >= 15 is 0 Å². The Morgan fingerprint density at radius 3 is 2.92 bits per heavy atom. The second-order valence-electron chi connectivity index (χ2n) is 10.2. The topological polar surface area (TPSA) is 119 Å². The summed E-state index contributed by atoms with van der Waals surface area (Å²) in [6.07, 6.45) is 5.07. The van der Waals surface area contributed by atoms with Gasteiger partial charge in [-0.2, -0.15) is 5.10 Å². The number of aliphatic hydroxyl groups is 1. The Morgan fingerprint density at radius 1 is 1.26 bits per heavy atom. The number of rotatable bonds is 9. The molecule has 1 amide bonds. The van der Waals surface area contributed by atoms with Crippen LogP contribution in [0.1, 0.15) is 73.2 Å². The third kappa shape index (κ3) is 6.62. The van der Waals surface area contributed by atoms with Crippen LogP contribution >= 0.6 is 11.6 Å². The minimum absolute atomic E-state index is 0.151. The van der Waals surface area contributed by atoms with Crippen LogP contribution in [0.25, 0.3) is 10.9 Å². The highest BCUT2D eigenvalue weighted by Crippen LogP contribution is 2.39. The summed E-state index contributed by atoms with van der Waals surface area (Å²) in [5.41, 5.74) is 2.47. The van der Waals surface area contributed by atoms with Crippen molar-refractivity contribution in [1.82, 2.24) is 30.4 Å². The number of carbonyl (C=O) groups is 1. The smallest absolute Gasteiger partial charge is 0.291 e. The van der Waals surface area contributed by atoms with E-state index in [-0.39, 0.29) is 17.8 Å². The summed E-state index contributed by atoms with van der Waals surface area (Å²) < 4.78 is 0. The Bertz CT molecular complexity index is 1340. The van der Waals surface area contributed by atoms with E-state index in [0.29, 0.717) is 48.5 Å². The molecular weight excluding hydrogens is 502 g/mol. The summed E-state index contributed by atoms with van der Waals surface area (Å²) in [7, 11) is 0. The number of aromatic amines is 1. The zero-order valence-electron chi connectivity index (χ0n) is 21.6. The first kappa shape index (κ1) is 26.4. The number of nitrogens with one attached hydrogen (secondary N) is 3. The third-order valence-electron chi connectivity index (χ3n) is 6.90. The van der Waals surface area contributed by atoms with Crippen molar-refractivity contribution in [3.8, 4) is 11.8 Å². The summed E-state index contributed by atoms with van der Waals surface area (Å²) in [5.74, 6) is 8.29. The van der Waals surface area contributed by atoms with Gasteiger partial charge in [0, 0.05) is 60.2 Å². The van der Waals surface area contributed by atoms with Gasteiger partial charge in [0.05, 0.1) is 5.52 Å². The van der Waals surface area contributed by atoms with Crippen LogP contribution in [-0.2, 0) is 0 Å². The number of hydrogen-bond donors (Lipinski definition) is 4.